The summed E-state index contributed by atoms with van der Waals surface area (Å²) in [7, 11) is -4.07. The number of rotatable bonds is 3. The first-order valence-electron chi connectivity index (χ1n) is 7.72. The van der Waals surface area contributed by atoms with Crippen molar-refractivity contribution < 1.29 is 17.2 Å². The number of anilines is 1. The summed E-state index contributed by atoms with van der Waals surface area (Å²) in [6.07, 6.45) is 4.01. The van der Waals surface area contributed by atoms with Crippen molar-refractivity contribution in [2.24, 2.45) is 0 Å². The van der Waals surface area contributed by atoms with Gasteiger partial charge in [-0.3, -0.25) is 14.7 Å². The van der Waals surface area contributed by atoms with Gasteiger partial charge in [0.25, 0.3) is 10.0 Å². The van der Waals surface area contributed by atoms with Crippen LogP contribution in [0.15, 0.2) is 59.9 Å². The highest BCUT2D eigenvalue weighted by Crippen LogP contribution is 2.23. The third-order valence-corrected chi connectivity index (χ3v) is 4.87. The minimum atomic E-state index is -4.07. The highest BCUT2D eigenvalue weighted by molar-refractivity contribution is 7.92. The molecule has 0 unspecified atom stereocenters. The highest BCUT2D eigenvalue weighted by Gasteiger charge is 2.19. The van der Waals surface area contributed by atoms with Crippen molar-refractivity contribution in [3.05, 3.63) is 83.4 Å². The molecule has 0 saturated carbocycles. The van der Waals surface area contributed by atoms with Crippen molar-refractivity contribution in [2.75, 3.05) is 4.72 Å². The molecule has 0 bridgehead atoms. The maximum absolute atomic E-state index is 14.6. The van der Waals surface area contributed by atoms with Gasteiger partial charge in [-0.05, 0) is 43.3 Å². The topological polar surface area (TPSA) is 72.0 Å². The summed E-state index contributed by atoms with van der Waals surface area (Å²) in [5, 5.41) is 0. The van der Waals surface area contributed by atoms with Gasteiger partial charge in [-0.25, -0.2) is 17.2 Å². The fourth-order valence-corrected chi connectivity index (χ4v) is 3.15. The van der Waals surface area contributed by atoms with Crippen molar-refractivity contribution in [3.8, 4) is 11.8 Å². The molecule has 1 N–H and O–H groups in total. The molecule has 0 fully saturated rings. The lowest BCUT2D eigenvalue weighted by molar-refractivity contribution is 0.578. The van der Waals surface area contributed by atoms with Crippen LogP contribution < -0.4 is 4.72 Å². The molecule has 8 heteroatoms. The van der Waals surface area contributed by atoms with Gasteiger partial charge in [-0.1, -0.05) is 11.8 Å². The van der Waals surface area contributed by atoms with E-state index in [0.29, 0.717) is 5.56 Å². The lowest BCUT2D eigenvalue weighted by atomic mass is 10.1. The predicted molar refractivity (Wildman–Crippen MR) is 96.4 cm³/mol. The molecular formula is C19H13F2N3O2S. The van der Waals surface area contributed by atoms with Crippen LogP contribution in [0, 0.1) is 30.4 Å². The first kappa shape index (κ1) is 18.5. The standard InChI is InChI=1S/C19H13F2N3O2S/c1-13-4-5-14(11-23-13)6-7-16-17(20)8-9-18(19(16)21)24-27(25,26)15-3-2-10-22-12-15/h2-5,8-12,24H,1H3. The number of nitrogens with zero attached hydrogens (tertiary/aromatic N) is 2. The molecule has 5 nitrogen and oxygen atoms in total. The average molecular weight is 385 g/mol. The molecule has 1 aromatic carbocycles. The van der Waals surface area contributed by atoms with Crippen molar-refractivity contribution in [2.45, 2.75) is 11.8 Å². The van der Waals surface area contributed by atoms with Gasteiger partial charge in [-0.2, -0.15) is 0 Å². The number of aromatic nitrogens is 2. The van der Waals surface area contributed by atoms with Crippen LogP contribution >= 0.6 is 0 Å². The molecule has 136 valence electrons. The second kappa shape index (κ2) is 7.51. The zero-order chi connectivity index (χ0) is 19.4. The van der Waals surface area contributed by atoms with E-state index < -0.39 is 32.9 Å². The van der Waals surface area contributed by atoms with Crippen molar-refractivity contribution in [1.29, 1.82) is 0 Å². The zero-order valence-corrected chi connectivity index (χ0v) is 14.9. The number of benzene rings is 1. The van der Waals surface area contributed by atoms with E-state index in [0.717, 1.165) is 24.0 Å². The van der Waals surface area contributed by atoms with Gasteiger partial charge >= 0.3 is 0 Å². The molecule has 3 aromatic rings. The summed E-state index contributed by atoms with van der Waals surface area (Å²) in [6, 6.07) is 8.07. The number of hydrogen-bond donors (Lipinski definition) is 1. The van der Waals surface area contributed by atoms with E-state index in [-0.39, 0.29) is 4.90 Å². The molecule has 2 heterocycles. The lowest BCUT2D eigenvalue weighted by Gasteiger charge is -2.10. The quantitative estimate of drug-likeness (QED) is 0.703. The summed E-state index contributed by atoms with van der Waals surface area (Å²) in [5.41, 5.74) is 0.305. The Hall–Kier alpha value is -3.31. The molecule has 0 radical (unpaired) electrons. The maximum atomic E-state index is 14.6. The van der Waals surface area contributed by atoms with Crippen molar-refractivity contribution in [3.63, 3.8) is 0 Å². The highest BCUT2D eigenvalue weighted by atomic mass is 32.2. The normalized spacial score (nSPS) is 10.8. The third-order valence-electron chi connectivity index (χ3n) is 3.52. The molecular weight excluding hydrogens is 372 g/mol. The van der Waals surface area contributed by atoms with Gasteiger partial charge in [0.1, 0.15) is 10.7 Å². The molecule has 0 atom stereocenters. The lowest BCUT2D eigenvalue weighted by Crippen LogP contribution is -2.14. The van der Waals surface area contributed by atoms with E-state index in [2.05, 4.69) is 26.5 Å². The van der Waals surface area contributed by atoms with Gasteiger partial charge in [0.05, 0.1) is 11.3 Å². The van der Waals surface area contributed by atoms with Gasteiger partial charge in [0, 0.05) is 29.8 Å². The Kier molecular flexibility index (Phi) is 5.14. The monoisotopic (exact) mass is 385 g/mol. The van der Waals surface area contributed by atoms with Crippen LogP contribution in [0.3, 0.4) is 0 Å². The first-order valence-corrected chi connectivity index (χ1v) is 9.20. The number of pyridine rings is 2. The van der Waals surface area contributed by atoms with Crippen LogP contribution in [0.1, 0.15) is 16.8 Å². The summed E-state index contributed by atoms with van der Waals surface area (Å²) >= 11 is 0. The minimum Gasteiger partial charge on any atom is -0.277 e. The smallest absolute Gasteiger partial charge is 0.263 e. The van der Waals surface area contributed by atoms with E-state index in [4.69, 9.17) is 0 Å². The Balaban J connectivity index is 1.96. The van der Waals surface area contributed by atoms with Crippen LogP contribution in [-0.4, -0.2) is 18.4 Å². The van der Waals surface area contributed by atoms with E-state index in [1.165, 1.54) is 24.5 Å². The third kappa shape index (κ3) is 4.27. The van der Waals surface area contributed by atoms with Crippen LogP contribution in [0.25, 0.3) is 0 Å². The van der Waals surface area contributed by atoms with Crippen LogP contribution in [-0.2, 0) is 10.0 Å². The summed E-state index contributed by atoms with van der Waals surface area (Å²) in [6.45, 7) is 1.80. The SMILES string of the molecule is Cc1ccc(C#Cc2c(F)ccc(NS(=O)(=O)c3cccnc3)c2F)cn1. The fraction of sp³-hybridized carbons (Fsp3) is 0.0526. The van der Waals surface area contributed by atoms with Crippen LogP contribution in [0.2, 0.25) is 0 Å². The zero-order valence-electron chi connectivity index (χ0n) is 14.1. The van der Waals surface area contributed by atoms with Crippen LogP contribution in [0.5, 0.6) is 0 Å². The molecule has 0 aliphatic heterocycles. The molecule has 27 heavy (non-hydrogen) atoms. The Morgan fingerprint density at radius 1 is 1.04 bits per heavy atom. The Morgan fingerprint density at radius 3 is 2.52 bits per heavy atom. The van der Waals surface area contributed by atoms with Gasteiger partial charge in [0.15, 0.2) is 5.82 Å². The van der Waals surface area contributed by atoms with Crippen LogP contribution in [0.4, 0.5) is 14.5 Å². The largest absolute Gasteiger partial charge is 0.277 e. The molecule has 0 saturated heterocycles. The number of halogens is 2. The summed E-state index contributed by atoms with van der Waals surface area (Å²) in [5.74, 6) is 3.01. The van der Waals surface area contributed by atoms with Gasteiger partial charge < -0.3 is 0 Å². The van der Waals surface area contributed by atoms with E-state index in [1.807, 2.05) is 0 Å². The first-order chi connectivity index (χ1) is 12.9. The summed E-state index contributed by atoms with van der Waals surface area (Å²) in [4.78, 5) is 7.62. The van der Waals surface area contributed by atoms with Gasteiger partial charge in [-0.15, -0.1) is 0 Å². The van der Waals surface area contributed by atoms with Gasteiger partial charge in [0.2, 0.25) is 0 Å². The fourth-order valence-electron chi connectivity index (χ4n) is 2.13. The summed E-state index contributed by atoms with van der Waals surface area (Å²) < 4.78 is 55.4. The van der Waals surface area contributed by atoms with Crippen molar-refractivity contribution >= 4 is 15.7 Å². The Labute approximate surface area is 155 Å². The number of sulfonamides is 1. The Bertz CT molecular complexity index is 1140. The molecule has 3 rings (SSSR count). The van der Waals surface area contributed by atoms with E-state index in [9.17, 15) is 17.2 Å². The maximum Gasteiger partial charge on any atom is 0.263 e. The molecule has 0 aliphatic rings. The Morgan fingerprint density at radius 2 is 1.85 bits per heavy atom. The van der Waals surface area contributed by atoms with Crippen molar-refractivity contribution in [1.82, 2.24) is 9.97 Å². The van der Waals surface area contributed by atoms with E-state index in [1.54, 1.807) is 19.1 Å². The molecule has 0 spiro atoms. The second-order valence-electron chi connectivity index (χ2n) is 5.52. The van der Waals surface area contributed by atoms with E-state index >= 15 is 0 Å². The molecule has 0 aliphatic carbocycles. The predicted octanol–water partition coefficient (Wildman–Crippen LogP) is 3.26. The average Bonchev–Trinajstić information content (AvgIpc) is 2.66. The minimum absolute atomic E-state index is 0.146. The number of nitrogens with one attached hydrogen (secondary N) is 1. The number of aryl methyl sites for hydroxylation is 1. The second-order valence-corrected chi connectivity index (χ2v) is 7.20. The molecule has 2 aromatic heterocycles. The molecule has 0 amide bonds. The number of hydrogen-bond acceptors (Lipinski definition) is 4.